The summed E-state index contributed by atoms with van der Waals surface area (Å²) in [4.78, 5) is 6.88. The van der Waals surface area contributed by atoms with Crippen LogP contribution in [-0.2, 0) is 6.54 Å². The van der Waals surface area contributed by atoms with Crippen LogP contribution in [-0.4, -0.2) is 52.9 Å². The van der Waals surface area contributed by atoms with E-state index in [1.807, 2.05) is 29.9 Å². The third-order valence-electron chi connectivity index (χ3n) is 5.31. The summed E-state index contributed by atoms with van der Waals surface area (Å²) in [5, 5.41) is 11.6. The van der Waals surface area contributed by atoms with Gasteiger partial charge in [0.25, 0.3) is 0 Å². The maximum atomic E-state index is 4.72. The molecule has 0 amide bonds. The summed E-state index contributed by atoms with van der Waals surface area (Å²) in [7, 11) is 1.82. The Kier molecular flexibility index (Phi) is 8.70. The van der Waals surface area contributed by atoms with E-state index in [-0.39, 0.29) is 0 Å². The van der Waals surface area contributed by atoms with Gasteiger partial charge in [-0.25, -0.2) is 4.68 Å². The van der Waals surface area contributed by atoms with Gasteiger partial charge in [-0.1, -0.05) is 18.2 Å². The molecule has 0 fully saturated rings. The summed E-state index contributed by atoms with van der Waals surface area (Å²) in [6.07, 6.45) is 1.08. The largest absolute Gasteiger partial charge is 0.356 e. The number of para-hydroxylation sites is 1. The SMILES string of the molecule is CN=C(NCCCN(C(C)C)C(C)C)NCc1c(C)nn(-c2ccccc2)c1C. The lowest BCUT2D eigenvalue weighted by atomic mass is 10.2. The molecular formula is C23H38N6. The van der Waals surface area contributed by atoms with Gasteiger partial charge >= 0.3 is 0 Å². The van der Waals surface area contributed by atoms with Gasteiger partial charge in [0.1, 0.15) is 0 Å². The first kappa shape index (κ1) is 22.9. The third kappa shape index (κ3) is 6.32. The number of aryl methyl sites for hydroxylation is 1. The third-order valence-corrected chi connectivity index (χ3v) is 5.31. The van der Waals surface area contributed by atoms with Gasteiger partial charge in [-0.2, -0.15) is 5.10 Å². The molecule has 0 aliphatic rings. The fourth-order valence-corrected chi connectivity index (χ4v) is 3.73. The maximum absolute atomic E-state index is 4.72. The van der Waals surface area contributed by atoms with Crippen molar-refractivity contribution in [2.45, 2.75) is 66.6 Å². The molecule has 0 spiro atoms. The Bertz CT molecular complexity index is 768. The normalized spacial score (nSPS) is 12.3. The number of nitrogens with zero attached hydrogens (tertiary/aromatic N) is 4. The zero-order valence-electron chi connectivity index (χ0n) is 19.2. The van der Waals surface area contributed by atoms with Crippen LogP contribution in [0.1, 0.15) is 51.1 Å². The van der Waals surface area contributed by atoms with Gasteiger partial charge in [-0.15, -0.1) is 0 Å². The van der Waals surface area contributed by atoms with Crippen LogP contribution in [0.4, 0.5) is 0 Å². The van der Waals surface area contributed by atoms with Crippen LogP contribution in [0.25, 0.3) is 5.69 Å². The summed E-state index contributed by atoms with van der Waals surface area (Å²) in [6, 6.07) is 11.4. The first-order chi connectivity index (χ1) is 13.8. The topological polar surface area (TPSA) is 57.5 Å². The van der Waals surface area contributed by atoms with E-state index in [4.69, 9.17) is 5.10 Å². The van der Waals surface area contributed by atoms with Crippen molar-refractivity contribution in [2.75, 3.05) is 20.1 Å². The molecule has 1 heterocycles. The second kappa shape index (κ2) is 11.0. The van der Waals surface area contributed by atoms with Gasteiger partial charge in [0.05, 0.1) is 11.4 Å². The molecule has 29 heavy (non-hydrogen) atoms. The molecule has 0 bridgehead atoms. The van der Waals surface area contributed by atoms with Crippen molar-refractivity contribution in [1.29, 1.82) is 0 Å². The van der Waals surface area contributed by atoms with E-state index in [9.17, 15) is 0 Å². The van der Waals surface area contributed by atoms with Gasteiger partial charge in [0.15, 0.2) is 5.96 Å². The van der Waals surface area contributed by atoms with Gasteiger partial charge in [-0.3, -0.25) is 9.89 Å². The maximum Gasteiger partial charge on any atom is 0.191 e. The van der Waals surface area contributed by atoms with E-state index in [1.165, 1.54) is 5.56 Å². The zero-order valence-corrected chi connectivity index (χ0v) is 19.2. The molecule has 0 saturated heterocycles. The minimum absolute atomic E-state index is 0.569. The van der Waals surface area contributed by atoms with E-state index >= 15 is 0 Å². The lowest BCUT2D eigenvalue weighted by molar-refractivity contribution is 0.173. The van der Waals surface area contributed by atoms with Crippen LogP contribution >= 0.6 is 0 Å². The Balaban J connectivity index is 1.89. The molecule has 2 N–H and O–H groups in total. The molecule has 0 radical (unpaired) electrons. The van der Waals surface area contributed by atoms with Crippen LogP contribution in [0, 0.1) is 13.8 Å². The standard InChI is InChI=1S/C23H38N6/c1-17(2)28(18(3)4)15-11-14-25-23(24-7)26-16-22-19(5)27-29(20(22)6)21-12-9-8-10-13-21/h8-10,12-13,17-18H,11,14-16H2,1-7H3,(H2,24,25,26). The molecular weight excluding hydrogens is 360 g/mol. The number of hydrogen-bond donors (Lipinski definition) is 2. The summed E-state index contributed by atoms with van der Waals surface area (Å²) in [5.74, 6) is 0.830. The first-order valence-corrected chi connectivity index (χ1v) is 10.7. The quantitative estimate of drug-likeness (QED) is 0.384. The van der Waals surface area contributed by atoms with E-state index in [2.05, 4.69) is 74.2 Å². The fraction of sp³-hybridized carbons (Fsp3) is 0.565. The van der Waals surface area contributed by atoms with E-state index < -0.39 is 0 Å². The summed E-state index contributed by atoms with van der Waals surface area (Å²) in [5.41, 5.74) is 4.49. The number of aliphatic imine (C=N–C) groups is 1. The highest BCUT2D eigenvalue weighted by Crippen LogP contribution is 2.17. The van der Waals surface area contributed by atoms with E-state index in [0.717, 1.165) is 42.5 Å². The second-order valence-electron chi connectivity index (χ2n) is 8.03. The van der Waals surface area contributed by atoms with Crippen molar-refractivity contribution >= 4 is 5.96 Å². The molecule has 0 saturated carbocycles. The Morgan fingerprint density at radius 2 is 1.72 bits per heavy atom. The minimum atomic E-state index is 0.569. The highest BCUT2D eigenvalue weighted by atomic mass is 15.3. The molecule has 1 aromatic heterocycles. The fourth-order valence-electron chi connectivity index (χ4n) is 3.73. The van der Waals surface area contributed by atoms with Crippen LogP contribution in [0.15, 0.2) is 35.3 Å². The van der Waals surface area contributed by atoms with E-state index in [0.29, 0.717) is 18.6 Å². The molecule has 0 unspecified atom stereocenters. The molecule has 2 rings (SSSR count). The highest BCUT2D eigenvalue weighted by Gasteiger charge is 2.14. The number of nitrogens with one attached hydrogen (secondary N) is 2. The summed E-state index contributed by atoms with van der Waals surface area (Å²) in [6.45, 7) is 15.9. The Morgan fingerprint density at radius 3 is 2.31 bits per heavy atom. The van der Waals surface area contributed by atoms with Crippen LogP contribution in [0.2, 0.25) is 0 Å². The highest BCUT2D eigenvalue weighted by molar-refractivity contribution is 5.79. The average Bonchev–Trinajstić information content (AvgIpc) is 2.98. The van der Waals surface area contributed by atoms with Crippen molar-refractivity contribution in [3.8, 4) is 5.69 Å². The second-order valence-corrected chi connectivity index (χ2v) is 8.03. The molecule has 1 aromatic carbocycles. The van der Waals surface area contributed by atoms with Crippen LogP contribution in [0.5, 0.6) is 0 Å². The monoisotopic (exact) mass is 398 g/mol. The first-order valence-electron chi connectivity index (χ1n) is 10.7. The molecule has 0 atom stereocenters. The minimum Gasteiger partial charge on any atom is -0.356 e. The molecule has 0 aliphatic heterocycles. The Labute approximate surface area is 176 Å². The number of guanidine groups is 1. The van der Waals surface area contributed by atoms with Gasteiger partial charge in [-0.05, 0) is 60.1 Å². The van der Waals surface area contributed by atoms with Crippen molar-refractivity contribution in [3.05, 3.63) is 47.3 Å². The molecule has 6 heteroatoms. The smallest absolute Gasteiger partial charge is 0.191 e. The van der Waals surface area contributed by atoms with Crippen molar-refractivity contribution < 1.29 is 0 Å². The van der Waals surface area contributed by atoms with Crippen molar-refractivity contribution in [3.63, 3.8) is 0 Å². The molecule has 2 aromatic rings. The molecule has 160 valence electrons. The van der Waals surface area contributed by atoms with E-state index in [1.54, 1.807) is 0 Å². The lowest BCUT2D eigenvalue weighted by Crippen LogP contribution is -2.41. The average molecular weight is 399 g/mol. The number of hydrogen-bond acceptors (Lipinski definition) is 3. The number of benzene rings is 1. The van der Waals surface area contributed by atoms with Crippen molar-refractivity contribution in [2.24, 2.45) is 4.99 Å². The Hall–Kier alpha value is -2.34. The summed E-state index contributed by atoms with van der Waals surface area (Å²) < 4.78 is 2.01. The van der Waals surface area contributed by atoms with Gasteiger partial charge < -0.3 is 10.6 Å². The predicted molar refractivity (Wildman–Crippen MR) is 123 cm³/mol. The summed E-state index contributed by atoms with van der Waals surface area (Å²) >= 11 is 0. The van der Waals surface area contributed by atoms with Crippen LogP contribution in [0.3, 0.4) is 0 Å². The zero-order chi connectivity index (χ0) is 21.4. The lowest BCUT2D eigenvalue weighted by Gasteiger charge is -2.30. The van der Waals surface area contributed by atoms with Gasteiger partial charge in [0, 0.05) is 50.0 Å². The number of aromatic nitrogens is 2. The Morgan fingerprint density at radius 1 is 1.07 bits per heavy atom. The predicted octanol–water partition coefficient (Wildman–Crippen LogP) is 3.66. The van der Waals surface area contributed by atoms with Crippen molar-refractivity contribution in [1.82, 2.24) is 25.3 Å². The van der Waals surface area contributed by atoms with Gasteiger partial charge in [0.2, 0.25) is 0 Å². The number of rotatable bonds is 9. The molecule has 0 aliphatic carbocycles. The molecule has 6 nitrogen and oxygen atoms in total. The van der Waals surface area contributed by atoms with Crippen LogP contribution < -0.4 is 10.6 Å².